The van der Waals surface area contributed by atoms with E-state index in [1.807, 2.05) is 6.07 Å². The molecule has 3 nitrogen and oxygen atoms in total. The molecule has 20 heavy (non-hydrogen) atoms. The second kappa shape index (κ2) is 7.81. The Morgan fingerprint density at radius 2 is 1.95 bits per heavy atom. The summed E-state index contributed by atoms with van der Waals surface area (Å²) in [5.41, 5.74) is 0.964. The predicted octanol–water partition coefficient (Wildman–Crippen LogP) is 2.95. The molecule has 1 aromatic rings. The Hall–Kier alpha value is -0.840. The van der Waals surface area contributed by atoms with E-state index < -0.39 is 5.82 Å². The lowest BCUT2D eigenvalue weighted by molar-refractivity contribution is 0.153. The number of nitrogens with zero attached hydrogens (tertiary/aromatic N) is 1. The number of phenolic OH excluding ortho intramolecular Hbond substituents is 1. The Morgan fingerprint density at radius 1 is 1.30 bits per heavy atom. The molecule has 1 fully saturated rings. The molecule has 0 spiro atoms. The first kappa shape index (κ1) is 17.2. The fourth-order valence-corrected chi connectivity index (χ4v) is 2.67. The summed E-state index contributed by atoms with van der Waals surface area (Å²) >= 11 is 0. The number of halogens is 2. The molecule has 1 atom stereocenters. The minimum Gasteiger partial charge on any atom is -0.505 e. The van der Waals surface area contributed by atoms with E-state index in [0.717, 1.165) is 38.2 Å². The third kappa shape index (κ3) is 4.33. The first-order valence-electron chi connectivity index (χ1n) is 7.01. The van der Waals surface area contributed by atoms with E-state index in [0.29, 0.717) is 5.92 Å². The van der Waals surface area contributed by atoms with Gasteiger partial charge in [-0.3, -0.25) is 4.90 Å². The van der Waals surface area contributed by atoms with Gasteiger partial charge in [0.05, 0.1) is 0 Å². The molecule has 5 heteroatoms. The molecule has 1 aliphatic rings. The van der Waals surface area contributed by atoms with E-state index in [2.05, 4.69) is 24.1 Å². The Kier molecular flexibility index (Phi) is 6.72. The summed E-state index contributed by atoms with van der Waals surface area (Å²) in [6.45, 7) is 8.31. The van der Waals surface area contributed by atoms with Crippen molar-refractivity contribution >= 4 is 12.4 Å². The lowest BCUT2D eigenvalue weighted by atomic mass is 9.95. The molecule has 1 heterocycles. The maximum Gasteiger partial charge on any atom is 0.165 e. The second-order valence-electron chi connectivity index (χ2n) is 5.64. The van der Waals surface area contributed by atoms with Crippen molar-refractivity contribution < 1.29 is 9.50 Å². The van der Waals surface area contributed by atoms with Crippen molar-refractivity contribution in [1.29, 1.82) is 0 Å². The van der Waals surface area contributed by atoms with Crippen LogP contribution in [0.1, 0.15) is 31.9 Å². The van der Waals surface area contributed by atoms with Crippen molar-refractivity contribution in [3.63, 3.8) is 0 Å². The molecule has 1 aliphatic heterocycles. The number of nitrogens with one attached hydrogen (secondary N) is 1. The van der Waals surface area contributed by atoms with Crippen molar-refractivity contribution in [3.8, 4) is 5.75 Å². The van der Waals surface area contributed by atoms with Crippen LogP contribution in [-0.2, 0) is 0 Å². The van der Waals surface area contributed by atoms with Gasteiger partial charge in [-0.1, -0.05) is 19.9 Å². The standard InChI is InChI=1S/C15H23FN2O.ClH/c1-11(2)9-14(18-7-5-17-6-8-18)12-3-4-15(19)13(16)10-12;/h3-4,10-11,14,17,19H,5-9H2,1-2H3;1H/t14-;/m0./s1. The van der Waals surface area contributed by atoms with Gasteiger partial charge in [0.2, 0.25) is 0 Å². The lowest BCUT2D eigenvalue weighted by Gasteiger charge is -2.36. The summed E-state index contributed by atoms with van der Waals surface area (Å²) in [7, 11) is 0. The monoisotopic (exact) mass is 302 g/mol. The molecule has 0 amide bonds. The molecule has 2 N–H and O–H groups in total. The van der Waals surface area contributed by atoms with Crippen molar-refractivity contribution in [3.05, 3.63) is 29.6 Å². The highest BCUT2D eigenvalue weighted by Gasteiger charge is 2.23. The van der Waals surface area contributed by atoms with Crippen LogP contribution in [-0.4, -0.2) is 36.2 Å². The second-order valence-corrected chi connectivity index (χ2v) is 5.64. The number of rotatable bonds is 4. The number of hydrogen-bond donors (Lipinski definition) is 2. The summed E-state index contributed by atoms with van der Waals surface area (Å²) in [5.74, 6) is -0.245. The largest absolute Gasteiger partial charge is 0.505 e. The number of benzene rings is 1. The molecule has 0 bridgehead atoms. The number of hydrogen-bond acceptors (Lipinski definition) is 3. The quantitative estimate of drug-likeness (QED) is 0.897. The van der Waals surface area contributed by atoms with Gasteiger partial charge in [0.15, 0.2) is 11.6 Å². The zero-order valence-corrected chi connectivity index (χ0v) is 12.9. The van der Waals surface area contributed by atoms with E-state index in [4.69, 9.17) is 0 Å². The summed E-state index contributed by atoms with van der Waals surface area (Å²) in [6, 6.07) is 5.01. The fourth-order valence-electron chi connectivity index (χ4n) is 2.67. The molecular formula is C15H24ClFN2O. The van der Waals surface area contributed by atoms with Crippen LogP contribution in [0, 0.1) is 11.7 Å². The van der Waals surface area contributed by atoms with Gasteiger partial charge in [0, 0.05) is 32.2 Å². The van der Waals surface area contributed by atoms with E-state index in [1.54, 1.807) is 0 Å². The van der Waals surface area contributed by atoms with Crippen molar-refractivity contribution in [1.82, 2.24) is 10.2 Å². The zero-order chi connectivity index (χ0) is 13.8. The molecule has 0 unspecified atom stereocenters. The van der Waals surface area contributed by atoms with E-state index in [1.165, 1.54) is 12.1 Å². The number of aromatic hydroxyl groups is 1. The van der Waals surface area contributed by atoms with Gasteiger partial charge in [-0.15, -0.1) is 12.4 Å². The Morgan fingerprint density at radius 3 is 2.50 bits per heavy atom. The van der Waals surface area contributed by atoms with Crippen LogP contribution in [0.25, 0.3) is 0 Å². The van der Waals surface area contributed by atoms with Gasteiger partial charge in [0.25, 0.3) is 0 Å². The fraction of sp³-hybridized carbons (Fsp3) is 0.600. The van der Waals surface area contributed by atoms with Gasteiger partial charge in [-0.25, -0.2) is 4.39 Å². The van der Waals surface area contributed by atoms with Gasteiger partial charge in [0.1, 0.15) is 0 Å². The van der Waals surface area contributed by atoms with Crippen LogP contribution in [0.3, 0.4) is 0 Å². The Balaban J connectivity index is 0.00000200. The molecule has 0 radical (unpaired) electrons. The highest BCUT2D eigenvalue weighted by atomic mass is 35.5. The van der Waals surface area contributed by atoms with E-state index in [9.17, 15) is 9.50 Å². The first-order chi connectivity index (χ1) is 9.08. The van der Waals surface area contributed by atoms with Crippen LogP contribution < -0.4 is 5.32 Å². The maximum atomic E-state index is 13.6. The molecule has 114 valence electrons. The Labute approximate surface area is 126 Å². The van der Waals surface area contributed by atoms with Crippen molar-refractivity contribution in [2.75, 3.05) is 26.2 Å². The topological polar surface area (TPSA) is 35.5 Å². The molecule has 1 aromatic carbocycles. The lowest BCUT2D eigenvalue weighted by Crippen LogP contribution is -2.45. The van der Waals surface area contributed by atoms with E-state index in [-0.39, 0.29) is 24.2 Å². The van der Waals surface area contributed by atoms with Crippen LogP contribution in [0.4, 0.5) is 4.39 Å². The van der Waals surface area contributed by atoms with Crippen LogP contribution in [0.15, 0.2) is 18.2 Å². The van der Waals surface area contributed by atoms with Gasteiger partial charge < -0.3 is 10.4 Å². The maximum absolute atomic E-state index is 13.6. The third-order valence-electron chi connectivity index (χ3n) is 3.64. The Bertz CT molecular complexity index is 422. The minimum absolute atomic E-state index is 0. The average molecular weight is 303 g/mol. The highest BCUT2D eigenvalue weighted by molar-refractivity contribution is 5.85. The normalized spacial score (nSPS) is 17.8. The summed E-state index contributed by atoms with van der Waals surface area (Å²) < 4.78 is 13.6. The molecule has 1 saturated heterocycles. The highest BCUT2D eigenvalue weighted by Crippen LogP contribution is 2.30. The van der Waals surface area contributed by atoms with Crippen molar-refractivity contribution in [2.24, 2.45) is 5.92 Å². The van der Waals surface area contributed by atoms with Gasteiger partial charge in [-0.2, -0.15) is 0 Å². The summed E-state index contributed by atoms with van der Waals surface area (Å²) in [6.07, 6.45) is 1.00. The number of phenols is 1. The van der Waals surface area contributed by atoms with Gasteiger partial charge >= 0.3 is 0 Å². The van der Waals surface area contributed by atoms with Crippen LogP contribution in [0.2, 0.25) is 0 Å². The van der Waals surface area contributed by atoms with Gasteiger partial charge in [-0.05, 0) is 30.0 Å². The average Bonchev–Trinajstić information content (AvgIpc) is 2.40. The summed E-state index contributed by atoms with van der Waals surface area (Å²) in [5, 5.41) is 12.7. The molecule has 2 rings (SSSR count). The first-order valence-corrected chi connectivity index (χ1v) is 7.01. The number of piperazine rings is 1. The zero-order valence-electron chi connectivity index (χ0n) is 12.1. The predicted molar refractivity (Wildman–Crippen MR) is 82.0 cm³/mol. The van der Waals surface area contributed by atoms with Crippen molar-refractivity contribution in [2.45, 2.75) is 26.3 Å². The van der Waals surface area contributed by atoms with Crippen LogP contribution in [0.5, 0.6) is 5.75 Å². The molecule has 0 aromatic heterocycles. The molecule has 0 saturated carbocycles. The molecule has 0 aliphatic carbocycles. The summed E-state index contributed by atoms with van der Waals surface area (Å²) in [4.78, 5) is 2.41. The van der Waals surface area contributed by atoms with E-state index >= 15 is 0 Å². The third-order valence-corrected chi connectivity index (χ3v) is 3.64. The SMILES string of the molecule is CC(C)C[C@@H](c1ccc(O)c(F)c1)N1CCNCC1.Cl. The molecular weight excluding hydrogens is 279 g/mol. The minimum atomic E-state index is -0.526. The smallest absolute Gasteiger partial charge is 0.165 e. The van der Waals surface area contributed by atoms with Crippen LogP contribution >= 0.6 is 12.4 Å².